The van der Waals surface area contributed by atoms with Crippen molar-refractivity contribution in [1.29, 1.82) is 0 Å². The molecule has 0 unspecified atom stereocenters. The molecule has 0 bridgehead atoms. The van der Waals surface area contributed by atoms with Crippen LogP contribution in [-0.2, 0) is 16.0 Å². The van der Waals surface area contributed by atoms with E-state index in [2.05, 4.69) is 59.5 Å². The highest BCUT2D eigenvalue weighted by Gasteiger charge is 2.15. The first-order chi connectivity index (χ1) is 10.6. The van der Waals surface area contributed by atoms with E-state index in [1.165, 1.54) is 22.2 Å². The van der Waals surface area contributed by atoms with E-state index in [1.54, 1.807) is 0 Å². The fraction of sp³-hybridized carbons (Fsp3) is 0.294. The summed E-state index contributed by atoms with van der Waals surface area (Å²) >= 11 is 0. The Kier molecular flexibility index (Phi) is 5.36. The molecule has 2 heterocycles. The molecule has 0 aliphatic carbocycles. The van der Waals surface area contributed by atoms with E-state index in [0.29, 0.717) is 13.1 Å². The zero-order chi connectivity index (χ0) is 15.9. The molecule has 1 aliphatic rings. The third-order valence-electron chi connectivity index (χ3n) is 3.31. The van der Waals surface area contributed by atoms with Crippen molar-refractivity contribution in [1.82, 2.24) is 15.6 Å². The van der Waals surface area contributed by atoms with Gasteiger partial charge in [-0.1, -0.05) is 23.8 Å². The van der Waals surface area contributed by atoms with E-state index < -0.39 is 11.8 Å². The zero-order valence-electron chi connectivity index (χ0n) is 12.7. The Bertz CT molecular complexity index is 639. The molecule has 5 nitrogen and oxygen atoms in total. The summed E-state index contributed by atoms with van der Waals surface area (Å²) in [6.07, 6.45) is 2.12. The van der Waals surface area contributed by atoms with Gasteiger partial charge in [-0.25, -0.2) is 0 Å². The van der Waals surface area contributed by atoms with Gasteiger partial charge in [0, 0.05) is 24.3 Å². The van der Waals surface area contributed by atoms with E-state index in [-0.39, 0.29) is 0 Å². The lowest BCUT2D eigenvalue weighted by Gasteiger charge is -2.10. The van der Waals surface area contributed by atoms with Crippen LogP contribution in [0.2, 0.25) is 0 Å². The Labute approximate surface area is 129 Å². The SMILES string of the molecule is C=C(C)CCc1cc2ccccc2[nH]1.O=C1NCCNC1=O. The topological polar surface area (TPSA) is 74.0 Å². The standard InChI is InChI=1S/C13H15N.C4H6N2O2/c1-10(2)7-8-12-9-11-5-3-4-6-13(11)14-12;7-3-4(8)6-2-1-5-3/h3-6,9,14H,1,7-8H2,2H3;1-2H2,(H,5,7)(H,6,8). The summed E-state index contributed by atoms with van der Waals surface area (Å²) < 4.78 is 0. The maximum atomic E-state index is 10.3. The summed E-state index contributed by atoms with van der Waals surface area (Å²) in [6.45, 7) is 7.07. The summed E-state index contributed by atoms with van der Waals surface area (Å²) in [7, 11) is 0. The van der Waals surface area contributed by atoms with E-state index >= 15 is 0 Å². The van der Waals surface area contributed by atoms with Crippen molar-refractivity contribution >= 4 is 22.7 Å². The molecule has 1 aromatic carbocycles. The number of piperazine rings is 1. The molecule has 0 radical (unpaired) electrons. The number of hydrogen-bond acceptors (Lipinski definition) is 2. The Hall–Kier alpha value is -2.56. The molecule has 116 valence electrons. The number of fused-ring (bicyclic) bond motifs is 1. The van der Waals surface area contributed by atoms with E-state index in [4.69, 9.17) is 0 Å². The molecular weight excluding hydrogens is 278 g/mol. The number of hydrogen-bond donors (Lipinski definition) is 3. The number of rotatable bonds is 3. The van der Waals surface area contributed by atoms with Gasteiger partial charge in [0.05, 0.1) is 0 Å². The Balaban J connectivity index is 0.000000188. The van der Waals surface area contributed by atoms with Gasteiger partial charge in [0.15, 0.2) is 0 Å². The summed E-state index contributed by atoms with van der Waals surface area (Å²) in [5, 5.41) is 6.06. The third-order valence-corrected chi connectivity index (χ3v) is 3.31. The molecule has 1 aromatic heterocycles. The lowest BCUT2D eigenvalue weighted by atomic mass is 10.1. The zero-order valence-corrected chi connectivity index (χ0v) is 12.7. The van der Waals surface area contributed by atoms with Crippen LogP contribution >= 0.6 is 0 Å². The second-order valence-corrected chi connectivity index (χ2v) is 5.35. The highest BCUT2D eigenvalue weighted by atomic mass is 16.2. The summed E-state index contributed by atoms with van der Waals surface area (Å²) in [4.78, 5) is 24.0. The van der Waals surface area contributed by atoms with Crippen LogP contribution in [0.3, 0.4) is 0 Å². The number of para-hydroxylation sites is 1. The smallest absolute Gasteiger partial charge is 0.309 e. The Morgan fingerprint density at radius 1 is 1.14 bits per heavy atom. The second-order valence-electron chi connectivity index (χ2n) is 5.35. The number of carbonyl (C=O) groups is 2. The van der Waals surface area contributed by atoms with Gasteiger partial charge in [-0.15, -0.1) is 6.58 Å². The fourth-order valence-corrected chi connectivity index (χ4v) is 2.13. The number of benzene rings is 1. The summed E-state index contributed by atoms with van der Waals surface area (Å²) in [5.74, 6) is -1.06. The number of H-pyrrole nitrogens is 1. The minimum absolute atomic E-state index is 0.531. The minimum atomic E-state index is -0.531. The third kappa shape index (κ3) is 4.48. The lowest BCUT2D eigenvalue weighted by molar-refractivity contribution is -0.140. The molecule has 0 saturated carbocycles. The average molecular weight is 299 g/mol. The van der Waals surface area contributed by atoms with Crippen LogP contribution < -0.4 is 10.6 Å². The van der Waals surface area contributed by atoms with Crippen LogP contribution in [0.15, 0.2) is 42.5 Å². The monoisotopic (exact) mass is 299 g/mol. The molecular formula is C17H21N3O2. The summed E-state index contributed by atoms with van der Waals surface area (Å²) in [6, 6.07) is 10.6. The van der Waals surface area contributed by atoms with Gasteiger partial charge in [0.1, 0.15) is 0 Å². The number of aryl methyl sites for hydroxylation is 1. The van der Waals surface area contributed by atoms with Crippen molar-refractivity contribution < 1.29 is 9.59 Å². The van der Waals surface area contributed by atoms with Gasteiger partial charge in [-0.3, -0.25) is 9.59 Å². The van der Waals surface area contributed by atoms with Crippen molar-refractivity contribution in [2.45, 2.75) is 19.8 Å². The lowest BCUT2D eigenvalue weighted by Crippen LogP contribution is -2.49. The number of allylic oxidation sites excluding steroid dienone is 1. The quantitative estimate of drug-likeness (QED) is 0.598. The van der Waals surface area contributed by atoms with Crippen LogP contribution in [-0.4, -0.2) is 29.9 Å². The van der Waals surface area contributed by atoms with E-state index in [1.807, 2.05) is 0 Å². The highest BCUT2D eigenvalue weighted by Crippen LogP contribution is 2.16. The largest absolute Gasteiger partial charge is 0.358 e. The van der Waals surface area contributed by atoms with Crippen LogP contribution in [0.25, 0.3) is 10.9 Å². The molecule has 2 aromatic rings. The maximum absolute atomic E-state index is 10.3. The van der Waals surface area contributed by atoms with Gasteiger partial charge in [0.2, 0.25) is 0 Å². The minimum Gasteiger partial charge on any atom is -0.358 e. The first-order valence-electron chi connectivity index (χ1n) is 7.33. The van der Waals surface area contributed by atoms with Gasteiger partial charge in [-0.2, -0.15) is 0 Å². The summed E-state index contributed by atoms with van der Waals surface area (Å²) in [5.41, 5.74) is 3.77. The first kappa shape index (κ1) is 15.8. The predicted molar refractivity (Wildman–Crippen MR) is 87.5 cm³/mol. The van der Waals surface area contributed by atoms with Crippen LogP contribution in [0.1, 0.15) is 19.0 Å². The Morgan fingerprint density at radius 3 is 2.32 bits per heavy atom. The van der Waals surface area contributed by atoms with E-state index in [0.717, 1.165) is 12.8 Å². The molecule has 3 rings (SSSR count). The van der Waals surface area contributed by atoms with Crippen molar-refractivity contribution in [3.8, 4) is 0 Å². The molecule has 1 saturated heterocycles. The molecule has 0 spiro atoms. The predicted octanol–water partition coefficient (Wildman–Crippen LogP) is 1.91. The average Bonchev–Trinajstić information content (AvgIpc) is 2.92. The van der Waals surface area contributed by atoms with Crippen molar-refractivity contribution in [2.75, 3.05) is 13.1 Å². The normalized spacial score (nSPS) is 13.9. The Morgan fingerprint density at radius 2 is 1.77 bits per heavy atom. The number of aromatic nitrogens is 1. The molecule has 5 heteroatoms. The van der Waals surface area contributed by atoms with Crippen molar-refractivity contribution in [3.63, 3.8) is 0 Å². The van der Waals surface area contributed by atoms with Crippen LogP contribution in [0, 0.1) is 0 Å². The van der Waals surface area contributed by atoms with E-state index in [9.17, 15) is 9.59 Å². The molecule has 1 aliphatic heterocycles. The number of nitrogens with one attached hydrogen (secondary N) is 3. The maximum Gasteiger partial charge on any atom is 0.309 e. The first-order valence-corrected chi connectivity index (χ1v) is 7.33. The van der Waals surface area contributed by atoms with Crippen molar-refractivity contribution in [3.05, 3.63) is 48.2 Å². The number of carbonyl (C=O) groups excluding carboxylic acids is 2. The second kappa shape index (κ2) is 7.45. The van der Waals surface area contributed by atoms with Crippen LogP contribution in [0.5, 0.6) is 0 Å². The molecule has 0 atom stereocenters. The van der Waals surface area contributed by atoms with Gasteiger partial charge < -0.3 is 15.6 Å². The number of aromatic amines is 1. The van der Waals surface area contributed by atoms with Gasteiger partial charge in [0.25, 0.3) is 0 Å². The molecule has 1 fully saturated rings. The van der Waals surface area contributed by atoms with Crippen molar-refractivity contribution in [2.24, 2.45) is 0 Å². The highest BCUT2D eigenvalue weighted by molar-refractivity contribution is 6.35. The molecule has 3 N–H and O–H groups in total. The van der Waals surface area contributed by atoms with Crippen LogP contribution in [0.4, 0.5) is 0 Å². The fourth-order valence-electron chi connectivity index (χ4n) is 2.13. The van der Waals surface area contributed by atoms with Gasteiger partial charge >= 0.3 is 11.8 Å². The molecule has 22 heavy (non-hydrogen) atoms. The molecule has 2 amide bonds. The van der Waals surface area contributed by atoms with Gasteiger partial charge in [-0.05, 0) is 37.3 Å². The number of amides is 2.